The average molecular weight is 274 g/mol. The zero-order valence-corrected chi connectivity index (χ0v) is 11.4. The summed E-state index contributed by atoms with van der Waals surface area (Å²) in [7, 11) is 1.73. The third-order valence-corrected chi connectivity index (χ3v) is 3.03. The van der Waals surface area contributed by atoms with Crippen molar-refractivity contribution in [1.82, 2.24) is 9.78 Å². The fraction of sp³-hybridized carbons (Fsp3) is 0.267. The summed E-state index contributed by atoms with van der Waals surface area (Å²) in [4.78, 5) is 24.1. The summed E-state index contributed by atoms with van der Waals surface area (Å²) in [5, 5.41) is 4.18. The molecule has 0 unspecified atom stereocenters. The van der Waals surface area contributed by atoms with Crippen LogP contribution in [0.1, 0.15) is 39.8 Å². The van der Waals surface area contributed by atoms with Crippen LogP contribution in [0.3, 0.4) is 0 Å². The predicted octanol–water partition coefficient (Wildman–Crippen LogP) is 2.58. The van der Waals surface area contributed by atoms with Crippen molar-refractivity contribution < 1.29 is 14.0 Å². The van der Waals surface area contributed by atoms with E-state index in [1.165, 1.54) is 24.3 Å². The first-order valence-electron chi connectivity index (χ1n) is 6.35. The molecule has 0 aliphatic heterocycles. The Bertz CT molecular complexity index is 644. The molecular weight excluding hydrogens is 259 g/mol. The number of aryl methyl sites for hydroxylation is 2. The molecule has 0 fully saturated rings. The molecule has 1 aromatic heterocycles. The molecule has 1 aromatic carbocycles. The summed E-state index contributed by atoms with van der Waals surface area (Å²) < 4.78 is 14.4. The van der Waals surface area contributed by atoms with E-state index in [2.05, 4.69) is 5.10 Å². The number of Topliss-reactive ketones (excluding diaryl/α,β-unsaturated/α-hetero) is 2. The molecule has 0 bridgehead atoms. The van der Waals surface area contributed by atoms with Gasteiger partial charge in [-0.2, -0.15) is 5.10 Å². The third-order valence-electron chi connectivity index (χ3n) is 3.03. The van der Waals surface area contributed by atoms with Gasteiger partial charge in [0.25, 0.3) is 0 Å². The maximum atomic E-state index is 12.8. The van der Waals surface area contributed by atoms with Crippen LogP contribution in [0.5, 0.6) is 0 Å². The first kappa shape index (κ1) is 14.1. The van der Waals surface area contributed by atoms with Crippen LogP contribution in [-0.4, -0.2) is 21.3 Å². The Balaban J connectivity index is 2.15. The summed E-state index contributed by atoms with van der Waals surface area (Å²) in [6.07, 6.45) is 2.02. The SMILES string of the molecule is CCc1nn(C)cc1C(=O)CC(=O)c1ccc(F)cc1. The number of hydrogen-bond acceptors (Lipinski definition) is 3. The largest absolute Gasteiger partial charge is 0.294 e. The van der Waals surface area contributed by atoms with Crippen LogP contribution in [0, 0.1) is 5.82 Å². The molecular formula is C15H15FN2O2. The van der Waals surface area contributed by atoms with E-state index < -0.39 is 5.82 Å². The molecule has 0 aliphatic rings. The van der Waals surface area contributed by atoms with Gasteiger partial charge in [-0.05, 0) is 30.7 Å². The smallest absolute Gasteiger partial charge is 0.174 e. The lowest BCUT2D eigenvalue weighted by atomic mass is 10.0. The van der Waals surface area contributed by atoms with Gasteiger partial charge < -0.3 is 0 Å². The molecule has 0 radical (unpaired) electrons. The van der Waals surface area contributed by atoms with Crippen molar-refractivity contribution in [2.45, 2.75) is 19.8 Å². The predicted molar refractivity (Wildman–Crippen MR) is 72.3 cm³/mol. The minimum absolute atomic E-state index is 0.232. The molecule has 2 aromatic rings. The molecule has 104 valence electrons. The lowest BCUT2D eigenvalue weighted by molar-refractivity contribution is 0.0894. The number of benzene rings is 1. The number of nitrogens with zero attached hydrogens (tertiary/aromatic N) is 2. The fourth-order valence-electron chi connectivity index (χ4n) is 2.01. The molecule has 0 atom stereocenters. The monoisotopic (exact) mass is 274 g/mol. The Morgan fingerprint density at radius 1 is 1.20 bits per heavy atom. The summed E-state index contributed by atoms with van der Waals surface area (Å²) in [5.41, 5.74) is 1.50. The standard InChI is InChI=1S/C15H15FN2O2/c1-3-13-12(9-18(2)17-13)15(20)8-14(19)10-4-6-11(16)7-5-10/h4-7,9H,3,8H2,1-2H3. The van der Waals surface area contributed by atoms with Gasteiger partial charge in [-0.3, -0.25) is 14.3 Å². The minimum atomic E-state index is -0.409. The van der Waals surface area contributed by atoms with Gasteiger partial charge in [0, 0.05) is 18.8 Å². The van der Waals surface area contributed by atoms with E-state index in [1.54, 1.807) is 17.9 Å². The molecule has 4 nitrogen and oxygen atoms in total. The van der Waals surface area contributed by atoms with Crippen molar-refractivity contribution in [3.63, 3.8) is 0 Å². The number of carbonyl (C=O) groups is 2. The van der Waals surface area contributed by atoms with E-state index in [-0.39, 0.29) is 18.0 Å². The van der Waals surface area contributed by atoms with Crippen LogP contribution in [0.15, 0.2) is 30.5 Å². The van der Waals surface area contributed by atoms with Crippen LogP contribution < -0.4 is 0 Å². The van der Waals surface area contributed by atoms with E-state index in [0.717, 1.165) is 0 Å². The van der Waals surface area contributed by atoms with Crippen LogP contribution in [-0.2, 0) is 13.5 Å². The zero-order valence-electron chi connectivity index (χ0n) is 11.4. The van der Waals surface area contributed by atoms with Gasteiger partial charge >= 0.3 is 0 Å². The number of ketones is 2. The lowest BCUT2D eigenvalue weighted by Crippen LogP contribution is -2.09. The van der Waals surface area contributed by atoms with Crippen molar-refractivity contribution in [2.75, 3.05) is 0 Å². The van der Waals surface area contributed by atoms with Crippen LogP contribution >= 0.6 is 0 Å². The Labute approximate surface area is 116 Å². The van der Waals surface area contributed by atoms with E-state index in [4.69, 9.17) is 0 Å². The van der Waals surface area contributed by atoms with Gasteiger partial charge in [-0.1, -0.05) is 6.92 Å². The highest BCUT2D eigenvalue weighted by Gasteiger charge is 2.18. The zero-order chi connectivity index (χ0) is 14.7. The van der Waals surface area contributed by atoms with Gasteiger partial charge in [0.15, 0.2) is 11.6 Å². The number of carbonyl (C=O) groups excluding carboxylic acids is 2. The highest BCUT2D eigenvalue weighted by molar-refractivity contribution is 6.13. The first-order valence-corrected chi connectivity index (χ1v) is 6.35. The second-order valence-electron chi connectivity index (χ2n) is 4.55. The summed E-state index contributed by atoms with van der Waals surface area (Å²) in [5.74, 6) is -0.987. The lowest BCUT2D eigenvalue weighted by Gasteiger charge is -2.01. The Morgan fingerprint density at radius 3 is 2.45 bits per heavy atom. The van der Waals surface area contributed by atoms with Gasteiger partial charge in [-0.15, -0.1) is 0 Å². The van der Waals surface area contributed by atoms with E-state index in [0.29, 0.717) is 23.2 Å². The molecule has 0 saturated heterocycles. The number of halogens is 1. The highest BCUT2D eigenvalue weighted by atomic mass is 19.1. The van der Waals surface area contributed by atoms with Gasteiger partial charge in [-0.25, -0.2) is 4.39 Å². The van der Waals surface area contributed by atoms with Crippen LogP contribution in [0.2, 0.25) is 0 Å². The van der Waals surface area contributed by atoms with Crippen molar-refractivity contribution in [3.8, 4) is 0 Å². The fourth-order valence-corrected chi connectivity index (χ4v) is 2.01. The highest BCUT2D eigenvalue weighted by Crippen LogP contribution is 2.13. The normalized spacial score (nSPS) is 10.6. The molecule has 0 spiro atoms. The number of aromatic nitrogens is 2. The summed E-state index contributed by atoms with van der Waals surface area (Å²) in [6, 6.07) is 5.18. The molecule has 0 saturated carbocycles. The Kier molecular flexibility index (Phi) is 4.08. The Hall–Kier alpha value is -2.30. The molecule has 20 heavy (non-hydrogen) atoms. The maximum absolute atomic E-state index is 12.8. The van der Waals surface area contributed by atoms with Crippen molar-refractivity contribution in [2.24, 2.45) is 7.05 Å². The quantitative estimate of drug-likeness (QED) is 0.622. The second-order valence-corrected chi connectivity index (χ2v) is 4.55. The van der Waals surface area contributed by atoms with E-state index in [9.17, 15) is 14.0 Å². The minimum Gasteiger partial charge on any atom is -0.294 e. The average Bonchev–Trinajstić information content (AvgIpc) is 2.80. The van der Waals surface area contributed by atoms with Crippen molar-refractivity contribution >= 4 is 11.6 Å². The Morgan fingerprint density at radius 2 is 1.85 bits per heavy atom. The number of rotatable bonds is 5. The first-order chi connectivity index (χ1) is 9.51. The van der Waals surface area contributed by atoms with E-state index in [1.807, 2.05) is 6.92 Å². The third kappa shape index (κ3) is 2.99. The second kappa shape index (κ2) is 5.77. The maximum Gasteiger partial charge on any atom is 0.174 e. The van der Waals surface area contributed by atoms with Gasteiger partial charge in [0.2, 0.25) is 0 Å². The summed E-state index contributed by atoms with van der Waals surface area (Å²) >= 11 is 0. The molecule has 0 N–H and O–H groups in total. The number of hydrogen-bond donors (Lipinski definition) is 0. The van der Waals surface area contributed by atoms with Crippen molar-refractivity contribution in [1.29, 1.82) is 0 Å². The van der Waals surface area contributed by atoms with E-state index >= 15 is 0 Å². The topological polar surface area (TPSA) is 52.0 Å². The molecule has 5 heteroatoms. The van der Waals surface area contributed by atoms with Gasteiger partial charge in [0.1, 0.15) is 5.82 Å². The van der Waals surface area contributed by atoms with Gasteiger partial charge in [0.05, 0.1) is 17.7 Å². The molecule has 1 heterocycles. The van der Waals surface area contributed by atoms with Crippen LogP contribution in [0.25, 0.3) is 0 Å². The molecule has 2 rings (SSSR count). The summed E-state index contributed by atoms with van der Waals surface area (Å²) in [6.45, 7) is 1.90. The van der Waals surface area contributed by atoms with Crippen molar-refractivity contribution in [3.05, 3.63) is 53.1 Å². The molecule has 0 amide bonds. The van der Waals surface area contributed by atoms with Crippen LogP contribution in [0.4, 0.5) is 4.39 Å². The molecule has 0 aliphatic carbocycles.